The molecule has 0 atom stereocenters. The molecule has 3 aromatic rings. The lowest BCUT2D eigenvalue weighted by molar-refractivity contribution is 0.568. The van der Waals surface area contributed by atoms with Crippen molar-refractivity contribution in [3.63, 3.8) is 0 Å². The molecule has 0 amide bonds. The van der Waals surface area contributed by atoms with Gasteiger partial charge in [0.15, 0.2) is 12.2 Å². The standard InChI is InChI=1S/C17H14ClN3O/c1-10-16(22-9-20-10)15-13(12-4-2-3-5-14(12)18)8-19-17(21-15)11-6-7-11/h2-5,8-9,11H,6-7H2,1H3. The lowest BCUT2D eigenvalue weighted by atomic mass is 10.0. The predicted octanol–water partition coefficient (Wildman–Crippen LogP) is 4.64. The molecule has 0 spiro atoms. The fourth-order valence-electron chi connectivity index (χ4n) is 2.51. The molecule has 0 unspecified atom stereocenters. The monoisotopic (exact) mass is 311 g/mol. The van der Waals surface area contributed by atoms with Gasteiger partial charge >= 0.3 is 0 Å². The number of halogens is 1. The number of aryl methyl sites for hydroxylation is 1. The second-order valence-electron chi connectivity index (χ2n) is 5.51. The Morgan fingerprint density at radius 2 is 1.95 bits per heavy atom. The van der Waals surface area contributed by atoms with E-state index in [0.29, 0.717) is 16.7 Å². The highest BCUT2D eigenvalue weighted by atomic mass is 35.5. The summed E-state index contributed by atoms with van der Waals surface area (Å²) in [6.07, 6.45) is 5.60. The van der Waals surface area contributed by atoms with Crippen LogP contribution in [0, 0.1) is 6.92 Å². The summed E-state index contributed by atoms with van der Waals surface area (Å²) in [5.41, 5.74) is 3.35. The van der Waals surface area contributed by atoms with Gasteiger partial charge in [-0.25, -0.2) is 15.0 Å². The van der Waals surface area contributed by atoms with Crippen LogP contribution in [0.15, 0.2) is 41.3 Å². The topological polar surface area (TPSA) is 51.8 Å². The molecule has 0 N–H and O–H groups in total. The number of rotatable bonds is 3. The average Bonchev–Trinajstić information content (AvgIpc) is 3.29. The number of benzene rings is 1. The van der Waals surface area contributed by atoms with Gasteiger partial charge < -0.3 is 4.42 Å². The molecule has 2 aromatic heterocycles. The molecule has 4 rings (SSSR count). The summed E-state index contributed by atoms with van der Waals surface area (Å²) in [4.78, 5) is 13.5. The highest BCUT2D eigenvalue weighted by Gasteiger charge is 2.28. The normalized spacial score (nSPS) is 14.3. The molecule has 0 aliphatic heterocycles. The van der Waals surface area contributed by atoms with E-state index in [1.807, 2.05) is 37.4 Å². The third-order valence-electron chi connectivity index (χ3n) is 3.87. The molecule has 2 heterocycles. The van der Waals surface area contributed by atoms with E-state index in [-0.39, 0.29) is 0 Å². The Bertz CT molecular complexity index is 839. The summed E-state index contributed by atoms with van der Waals surface area (Å²) in [7, 11) is 0. The van der Waals surface area contributed by atoms with E-state index >= 15 is 0 Å². The van der Waals surface area contributed by atoms with E-state index < -0.39 is 0 Å². The molecule has 4 nitrogen and oxygen atoms in total. The molecule has 1 saturated carbocycles. The molecule has 1 aromatic carbocycles. The molecule has 1 aliphatic rings. The Kier molecular flexibility index (Phi) is 3.19. The maximum absolute atomic E-state index is 6.34. The van der Waals surface area contributed by atoms with Crippen molar-refractivity contribution in [2.75, 3.05) is 0 Å². The SMILES string of the molecule is Cc1ncoc1-c1nc(C2CC2)ncc1-c1ccccc1Cl. The number of hydrogen-bond donors (Lipinski definition) is 0. The van der Waals surface area contributed by atoms with Gasteiger partial charge in [0.05, 0.1) is 5.69 Å². The lowest BCUT2D eigenvalue weighted by Crippen LogP contribution is -1.98. The first-order chi connectivity index (χ1) is 10.7. The third kappa shape index (κ3) is 2.29. The quantitative estimate of drug-likeness (QED) is 0.707. The zero-order valence-corrected chi connectivity index (χ0v) is 12.8. The van der Waals surface area contributed by atoms with E-state index in [1.54, 1.807) is 0 Å². The van der Waals surface area contributed by atoms with Crippen LogP contribution in [0.3, 0.4) is 0 Å². The van der Waals surface area contributed by atoms with Gasteiger partial charge in [0.1, 0.15) is 11.5 Å². The first-order valence-corrected chi connectivity index (χ1v) is 7.64. The number of aromatic nitrogens is 3. The fraction of sp³-hybridized carbons (Fsp3) is 0.235. The van der Waals surface area contributed by atoms with E-state index in [9.17, 15) is 0 Å². The lowest BCUT2D eigenvalue weighted by Gasteiger charge is -2.10. The van der Waals surface area contributed by atoms with Crippen LogP contribution in [0.25, 0.3) is 22.6 Å². The van der Waals surface area contributed by atoms with Crippen molar-refractivity contribution in [3.8, 4) is 22.6 Å². The molecule has 0 radical (unpaired) electrons. The predicted molar refractivity (Wildman–Crippen MR) is 84.7 cm³/mol. The number of nitrogens with zero attached hydrogens (tertiary/aromatic N) is 3. The van der Waals surface area contributed by atoms with Crippen molar-refractivity contribution in [2.24, 2.45) is 0 Å². The molecule has 22 heavy (non-hydrogen) atoms. The maximum atomic E-state index is 6.34. The van der Waals surface area contributed by atoms with Crippen molar-refractivity contribution in [1.29, 1.82) is 0 Å². The van der Waals surface area contributed by atoms with E-state index in [4.69, 9.17) is 21.0 Å². The summed E-state index contributed by atoms with van der Waals surface area (Å²) in [5.74, 6) is 2.03. The van der Waals surface area contributed by atoms with Crippen LogP contribution in [-0.2, 0) is 0 Å². The molecule has 0 bridgehead atoms. The Balaban J connectivity index is 1.94. The van der Waals surface area contributed by atoms with E-state index in [0.717, 1.165) is 41.2 Å². The van der Waals surface area contributed by atoms with E-state index in [1.165, 1.54) is 6.39 Å². The second-order valence-corrected chi connectivity index (χ2v) is 5.92. The fourth-order valence-corrected chi connectivity index (χ4v) is 2.75. The van der Waals surface area contributed by atoms with Crippen LogP contribution < -0.4 is 0 Å². The minimum Gasteiger partial charge on any atom is -0.442 e. The summed E-state index contributed by atoms with van der Waals surface area (Å²) >= 11 is 6.34. The molecule has 110 valence electrons. The Morgan fingerprint density at radius 1 is 1.14 bits per heavy atom. The molecule has 5 heteroatoms. The summed E-state index contributed by atoms with van der Waals surface area (Å²) in [6, 6.07) is 7.69. The first kappa shape index (κ1) is 13.5. The van der Waals surface area contributed by atoms with Crippen LogP contribution in [0.4, 0.5) is 0 Å². The van der Waals surface area contributed by atoms with Crippen LogP contribution in [0.1, 0.15) is 30.3 Å². The highest BCUT2D eigenvalue weighted by Crippen LogP contribution is 2.41. The first-order valence-electron chi connectivity index (χ1n) is 7.26. The largest absolute Gasteiger partial charge is 0.442 e. The maximum Gasteiger partial charge on any atom is 0.181 e. The summed E-state index contributed by atoms with van der Waals surface area (Å²) in [5, 5.41) is 0.670. The van der Waals surface area contributed by atoms with Gasteiger partial charge in [0.25, 0.3) is 0 Å². The van der Waals surface area contributed by atoms with Crippen LogP contribution in [-0.4, -0.2) is 15.0 Å². The molecule has 0 saturated heterocycles. The van der Waals surface area contributed by atoms with Crippen molar-refractivity contribution in [3.05, 3.63) is 53.4 Å². The molecule has 1 fully saturated rings. The summed E-state index contributed by atoms with van der Waals surface area (Å²) < 4.78 is 5.56. The minimum atomic E-state index is 0.474. The molecular weight excluding hydrogens is 298 g/mol. The van der Waals surface area contributed by atoms with Gasteiger partial charge in [-0.1, -0.05) is 29.8 Å². The van der Waals surface area contributed by atoms with Gasteiger partial charge in [-0.05, 0) is 25.8 Å². The third-order valence-corrected chi connectivity index (χ3v) is 4.20. The summed E-state index contributed by atoms with van der Waals surface area (Å²) in [6.45, 7) is 1.91. The smallest absolute Gasteiger partial charge is 0.181 e. The van der Waals surface area contributed by atoms with Crippen molar-refractivity contribution >= 4 is 11.6 Å². The minimum absolute atomic E-state index is 0.474. The van der Waals surface area contributed by atoms with Crippen LogP contribution in [0.5, 0.6) is 0 Å². The highest BCUT2D eigenvalue weighted by molar-refractivity contribution is 6.33. The average molecular weight is 312 g/mol. The van der Waals surface area contributed by atoms with Crippen molar-refractivity contribution < 1.29 is 4.42 Å². The van der Waals surface area contributed by atoms with Gasteiger partial charge in [-0.2, -0.15) is 0 Å². The van der Waals surface area contributed by atoms with E-state index in [2.05, 4.69) is 9.97 Å². The zero-order chi connectivity index (χ0) is 15.1. The van der Waals surface area contributed by atoms with Crippen molar-refractivity contribution in [1.82, 2.24) is 15.0 Å². The van der Waals surface area contributed by atoms with Gasteiger partial charge in [-0.3, -0.25) is 0 Å². The molecule has 1 aliphatic carbocycles. The van der Waals surface area contributed by atoms with Crippen LogP contribution >= 0.6 is 11.6 Å². The van der Waals surface area contributed by atoms with Gasteiger partial charge in [0, 0.05) is 28.3 Å². The number of hydrogen-bond acceptors (Lipinski definition) is 4. The second kappa shape index (κ2) is 5.21. The molecular formula is C17H14ClN3O. The van der Waals surface area contributed by atoms with Crippen molar-refractivity contribution in [2.45, 2.75) is 25.7 Å². The Morgan fingerprint density at radius 3 is 2.64 bits per heavy atom. The number of oxazole rings is 1. The zero-order valence-electron chi connectivity index (χ0n) is 12.1. The van der Waals surface area contributed by atoms with Gasteiger partial charge in [-0.15, -0.1) is 0 Å². The van der Waals surface area contributed by atoms with Crippen LogP contribution in [0.2, 0.25) is 5.02 Å². The van der Waals surface area contributed by atoms with Gasteiger partial charge in [0.2, 0.25) is 0 Å². The Labute approximate surface area is 133 Å². The Hall–Kier alpha value is -2.20.